The molecule has 0 atom stereocenters. The summed E-state index contributed by atoms with van der Waals surface area (Å²) in [6.07, 6.45) is 0. The molecule has 0 saturated heterocycles. The van der Waals surface area contributed by atoms with Gasteiger partial charge in [-0.15, -0.1) is 0 Å². The van der Waals surface area contributed by atoms with E-state index in [0.717, 1.165) is 44.6 Å². The number of fused-ring (bicyclic) bond motifs is 12. The first kappa shape index (κ1) is 40.6. The van der Waals surface area contributed by atoms with E-state index in [9.17, 15) is 0 Å². The van der Waals surface area contributed by atoms with Crippen LogP contribution in [0.2, 0.25) is 13.1 Å². The van der Waals surface area contributed by atoms with Crippen molar-refractivity contribution in [3.63, 3.8) is 0 Å². The van der Waals surface area contributed by atoms with Crippen LogP contribution >= 0.6 is 11.8 Å². The monoisotopic (exact) mass is 913 g/mol. The quantitative estimate of drug-likeness (QED) is 0.160. The molecule has 2 aliphatic carbocycles. The summed E-state index contributed by atoms with van der Waals surface area (Å²) in [6, 6.07) is 70.5. The van der Waals surface area contributed by atoms with Crippen LogP contribution in [0.4, 0.5) is 17.1 Å². The third-order valence-electron chi connectivity index (χ3n) is 15.7. The van der Waals surface area contributed by atoms with Crippen molar-refractivity contribution in [1.29, 1.82) is 0 Å². The van der Waals surface area contributed by atoms with Gasteiger partial charge in [-0.2, -0.15) is 0 Å². The summed E-state index contributed by atoms with van der Waals surface area (Å²) in [6.45, 7) is 14.6. The van der Waals surface area contributed by atoms with Crippen LogP contribution in [0.5, 0.6) is 11.5 Å². The molecule has 13 rings (SSSR count). The summed E-state index contributed by atoms with van der Waals surface area (Å²) in [5, 5.41) is 6.59. The van der Waals surface area contributed by atoms with Crippen LogP contribution in [-0.2, 0) is 10.8 Å². The van der Waals surface area contributed by atoms with Gasteiger partial charge in [0.25, 0.3) is 0 Å². The minimum atomic E-state index is -1.98. The fraction of sp³-hybridized carbons (Fsp3) is 0.129. The van der Waals surface area contributed by atoms with E-state index in [0.29, 0.717) is 0 Å². The van der Waals surface area contributed by atoms with Crippen molar-refractivity contribution in [2.24, 2.45) is 0 Å². The highest BCUT2D eigenvalue weighted by Crippen LogP contribution is 2.60. The summed E-state index contributed by atoms with van der Waals surface area (Å²) in [5.74, 6) is 1.90. The Morgan fingerprint density at radius 3 is 1.61 bits per heavy atom. The third kappa shape index (κ3) is 5.94. The van der Waals surface area contributed by atoms with Gasteiger partial charge in [0, 0.05) is 39.0 Å². The smallest absolute Gasteiger partial charge is 0.149 e. The van der Waals surface area contributed by atoms with E-state index in [2.05, 4.69) is 234 Å². The van der Waals surface area contributed by atoms with E-state index >= 15 is 0 Å². The van der Waals surface area contributed by atoms with Crippen molar-refractivity contribution in [3.05, 3.63) is 210 Å². The van der Waals surface area contributed by atoms with E-state index in [1.165, 1.54) is 55.0 Å². The van der Waals surface area contributed by atoms with Gasteiger partial charge in [-0.1, -0.05) is 213 Å². The molecule has 324 valence electrons. The number of hydrogen-bond donors (Lipinski definition) is 0. The van der Waals surface area contributed by atoms with Gasteiger partial charge in [0.15, 0.2) is 0 Å². The lowest BCUT2D eigenvalue weighted by Crippen LogP contribution is -2.70. The number of benzene rings is 9. The molecule has 0 bridgehead atoms. The average molecular weight is 914 g/mol. The van der Waals surface area contributed by atoms with Crippen molar-refractivity contribution in [3.8, 4) is 56.0 Å². The van der Waals surface area contributed by atoms with Crippen molar-refractivity contribution in [1.82, 2.24) is 0 Å². The maximum absolute atomic E-state index is 7.10. The number of hydrogen-bond acceptors (Lipinski definition) is 3. The number of anilines is 3. The van der Waals surface area contributed by atoms with Crippen LogP contribution in [-0.4, -0.2) is 17.6 Å². The first-order chi connectivity index (χ1) is 32.5. The minimum Gasteiger partial charge on any atom is -0.454 e. The Morgan fingerprint density at radius 2 is 0.925 bits per heavy atom. The molecule has 2 nitrogen and oxygen atoms in total. The van der Waals surface area contributed by atoms with Gasteiger partial charge < -0.3 is 9.64 Å². The maximum Gasteiger partial charge on any atom is 0.149 e. The summed E-state index contributed by atoms with van der Waals surface area (Å²) < 4.78 is 7.10. The van der Waals surface area contributed by atoms with E-state index < -0.39 is 17.6 Å². The van der Waals surface area contributed by atoms with Crippen molar-refractivity contribution in [2.45, 2.75) is 61.4 Å². The van der Waals surface area contributed by atoms with Gasteiger partial charge in [-0.05, 0) is 104 Å². The molecule has 4 aliphatic rings. The molecule has 0 aromatic heterocycles. The lowest BCUT2D eigenvalue weighted by Gasteiger charge is -2.36. The number of rotatable bonds is 5. The molecular formula is C62H51NOSSi2. The lowest BCUT2D eigenvalue weighted by atomic mass is 9.82. The largest absolute Gasteiger partial charge is 0.454 e. The first-order valence-electron chi connectivity index (χ1n) is 23.7. The Bertz CT molecular complexity index is 3520. The molecule has 2 heterocycles. The highest BCUT2D eigenvalue weighted by Gasteiger charge is 2.43. The van der Waals surface area contributed by atoms with Gasteiger partial charge in [-0.3, -0.25) is 0 Å². The Balaban J connectivity index is 0.847. The lowest BCUT2D eigenvalue weighted by molar-refractivity contribution is 0.457. The van der Waals surface area contributed by atoms with Gasteiger partial charge >= 0.3 is 0 Å². The van der Waals surface area contributed by atoms with Crippen LogP contribution in [0, 0.1) is 0 Å². The molecule has 0 N–H and O–H groups in total. The minimum absolute atomic E-state index is 0.00896. The maximum atomic E-state index is 7.10. The topological polar surface area (TPSA) is 12.5 Å². The van der Waals surface area contributed by atoms with E-state index in [4.69, 9.17) is 4.74 Å². The second-order valence-corrected chi connectivity index (χ2v) is 27.6. The molecular weight excluding hydrogens is 863 g/mol. The predicted octanol–water partition coefficient (Wildman–Crippen LogP) is 13.6. The number of nitrogens with zero attached hydrogens (tertiary/aromatic N) is 1. The third-order valence-corrected chi connectivity index (χ3v) is 23.3. The highest BCUT2D eigenvalue weighted by molar-refractivity contribution is 7.99. The van der Waals surface area contributed by atoms with Gasteiger partial charge in [0.1, 0.15) is 19.6 Å². The second-order valence-electron chi connectivity index (χ2n) is 20.4. The fourth-order valence-electron chi connectivity index (χ4n) is 12.3. The number of ether oxygens (including phenoxy) is 1. The van der Waals surface area contributed by atoms with Crippen LogP contribution in [0.25, 0.3) is 44.5 Å². The van der Waals surface area contributed by atoms with Gasteiger partial charge in [0.05, 0.1) is 19.3 Å². The Kier molecular flexibility index (Phi) is 8.90. The van der Waals surface area contributed by atoms with Crippen LogP contribution < -0.4 is 30.4 Å². The van der Waals surface area contributed by atoms with Crippen LogP contribution in [0.1, 0.15) is 49.9 Å². The highest BCUT2D eigenvalue weighted by atomic mass is 32.2. The molecule has 0 amide bonds. The van der Waals surface area contributed by atoms with E-state index in [1.54, 1.807) is 26.3 Å². The Labute approximate surface area is 402 Å². The molecule has 0 fully saturated rings. The molecule has 0 radical (unpaired) electrons. The van der Waals surface area contributed by atoms with Crippen molar-refractivity contribution < 1.29 is 4.74 Å². The molecule has 0 saturated carbocycles. The molecule has 0 spiro atoms. The first-order valence-corrected chi connectivity index (χ1v) is 28.9. The standard InChI is InChI=1S/C62H51NOSSi2/c1-61(2)47-22-12-10-18-45(47)55-49(61)34-36-52-58(55)64-57-43(20-14-24-51(57)65-52)38-26-30-41(31-27-38)63(40-16-8-7-9-17-40)42-32-28-39(29-33-42)44-21-15-25-53-59(44)66-60-54(67(53,5)6)37-35-50-56(60)46-19-11-13-23-48(46)62(50,3)4/h7-37H,66H2,1-6H3. The second kappa shape index (κ2) is 14.7. The zero-order valence-corrected chi connectivity index (χ0v) is 42.1. The van der Waals surface area contributed by atoms with E-state index in [1.807, 2.05) is 11.8 Å². The number of para-hydroxylation sites is 2. The molecule has 5 heteroatoms. The summed E-state index contributed by atoms with van der Waals surface area (Å²) in [5.41, 5.74) is 19.4. The summed E-state index contributed by atoms with van der Waals surface area (Å²) >= 11 is 1.81. The zero-order chi connectivity index (χ0) is 45.4. The fourth-order valence-corrected chi connectivity index (χ4v) is 21.6. The van der Waals surface area contributed by atoms with Crippen LogP contribution in [0.15, 0.2) is 198 Å². The Morgan fingerprint density at radius 1 is 0.418 bits per heavy atom. The average Bonchev–Trinajstić information content (AvgIpc) is 3.74. The molecule has 2 aliphatic heterocycles. The molecule has 67 heavy (non-hydrogen) atoms. The molecule has 9 aromatic carbocycles. The van der Waals surface area contributed by atoms with Gasteiger partial charge in [-0.25, -0.2) is 0 Å². The normalized spacial score (nSPS) is 16.0. The summed E-state index contributed by atoms with van der Waals surface area (Å²) in [4.78, 5) is 4.68. The predicted molar refractivity (Wildman–Crippen MR) is 289 cm³/mol. The van der Waals surface area contributed by atoms with Crippen LogP contribution in [0.3, 0.4) is 0 Å². The SMILES string of the molecule is CC1(C)c2ccccc2-c2c1ccc1c2Oc2c(cccc2-c2ccc(N(c3ccccc3)c3ccc(-c4cccc5c4[SiH2]c4c(ccc6c4-c4ccccc4C6(C)C)[Si]5(C)C)cc3)cc2)S1. The van der Waals surface area contributed by atoms with Gasteiger partial charge in [0.2, 0.25) is 0 Å². The van der Waals surface area contributed by atoms with E-state index in [-0.39, 0.29) is 10.8 Å². The zero-order valence-electron chi connectivity index (χ0n) is 38.9. The Hall–Kier alpha value is -6.64. The van der Waals surface area contributed by atoms with Crippen molar-refractivity contribution >= 4 is 67.2 Å². The molecule has 9 aromatic rings. The molecule has 0 unspecified atom stereocenters. The van der Waals surface area contributed by atoms with Crippen molar-refractivity contribution in [2.75, 3.05) is 4.90 Å². The summed E-state index contributed by atoms with van der Waals surface area (Å²) in [7, 11) is -2.79.